The first-order valence-electron chi connectivity index (χ1n) is 8.96. The van der Waals surface area contributed by atoms with Crippen molar-refractivity contribution < 1.29 is 9.53 Å². The summed E-state index contributed by atoms with van der Waals surface area (Å²) < 4.78 is 5.44. The van der Waals surface area contributed by atoms with Gasteiger partial charge in [0.15, 0.2) is 5.13 Å². The van der Waals surface area contributed by atoms with Crippen LogP contribution in [0.5, 0.6) is 5.75 Å². The van der Waals surface area contributed by atoms with Gasteiger partial charge in [-0.05, 0) is 49.1 Å². The Morgan fingerprint density at radius 2 is 2.04 bits per heavy atom. The van der Waals surface area contributed by atoms with Gasteiger partial charge >= 0.3 is 0 Å². The van der Waals surface area contributed by atoms with Crippen molar-refractivity contribution in [3.63, 3.8) is 0 Å². The zero-order chi connectivity index (χ0) is 19.0. The normalized spacial score (nSPS) is 20.9. The lowest BCUT2D eigenvalue weighted by atomic mass is 9.73. The summed E-state index contributed by atoms with van der Waals surface area (Å²) in [4.78, 5) is 17.8. The molecule has 1 N–H and O–H groups in total. The zero-order valence-corrected chi connectivity index (χ0v) is 16.5. The fourth-order valence-corrected chi connectivity index (χ4v) is 4.71. The molecule has 1 aliphatic carbocycles. The lowest BCUT2D eigenvalue weighted by Crippen LogP contribution is -2.37. The lowest BCUT2D eigenvalue weighted by Gasteiger charge is -2.31. The molecule has 5 heteroatoms. The van der Waals surface area contributed by atoms with Crippen LogP contribution >= 0.6 is 11.3 Å². The minimum Gasteiger partial charge on any atom is -0.497 e. The van der Waals surface area contributed by atoms with Crippen molar-refractivity contribution in [3.05, 3.63) is 76.3 Å². The number of anilines is 1. The molecular formula is C22H22N2O2S. The highest BCUT2D eigenvalue weighted by Gasteiger charge is 2.49. The van der Waals surface area contributed by atoms with Crippen LogP contribution in [0.3, 0.4) is 0 Å². The number of ether oxygens (including phenoxy) is 1. The number of hydrogen-bond donors (Lipinski definition) is 1. The zero-order valence-electron chi connectivity index (χ0n) is 15.7. The number of amides is 1. The minimum absolute atomic E-state index is 0.000805. The number of fused-ring (bicyclic) bond motifs is 1. The van der Waals surface area contributed by atoms with Crippen molar-refractivity contribution in [1.82, 2.24) is 4.98 Å². The van der Waals surface area contributed by atoms with Gasteiger partial charge in [-0.2, -0.15) is 0 Å². The molecule has 138 valence electrons. The van der Waals surface area contributed by atoms with Gasteiger partial charge in [0.25, 0.3) is 0 Å². The molecule has 0 spiro atoms. The van der Waals surface area contributed by atoms with Gasteiger partial charge in [0.1, 0.15) is 5.75 Å². The summed E-state index contributed by atoms with van der Waals surface area (Å²) >= 11 is 1.46. The maximum absolute atomic E-state index is 13.4. The van der Waals surface area contributed by atoms with E-state index in [-0.39, 0.29) is 11.8 Å². The third kappa shape index (κ3) is 3.12. The Hall–Kier alpha value is -2.66. The number of carbonyl (C=O) groups is 1. The number of thiazole rings is 1. The van der Waals surface area contributed by atoms with E-state index in [0.717, 1.165) is 22.6 Å². The Labute approximate surface area is 163 Å². The molecule has 0 aliphatic heterocycles. The second-order valence-electron chi connectivity index (χ2n) is 7.25. The average Bonchev–Trinajstić information content (AvgIpc) is 3.22. The molecule has 27 heavy (non-hydrogen) atoms. The van der Waals surface area contributed by atoms with Crippen molar-refractivity contribution in [2.75, 3.05) is 12.4 Å². The molecule has 1 amide bonds. The van der Waals surface area contributed by atoms with E-state index in [1.165, 1.54) is 16.9 Å². The fourth-order valence-electron chi connectivity index (χ4n) is 4.03. The summed E-state index contributed by atoms with van der Waals surface area (Å²) in [6, 6.07) is 16.4. The topological polar surface area (TPSA) is 51.2 Å². The van der Waals surface area contributed by atoms with Crippen molar-refractivity contribution >= 4 is 22.4 Å². The van der Waals surface area contributed by atoms with E-state index < -0.39 is 5.41 Å². The molecule has 1 heterocycles. The van der Waals surface area contributed by atoms with Crippen LogP contribution in [0.4, 0.5) is 5.13 Å². The van der Waals surface area contributed by atoms with E-state index >= 15 is 0 Å². The summed E-state index contributed by atoms with van der Waals surface area (Å²) in [5, 5.41) is 5.64. The van der Waals surface area contributed by atoms with Crippen LogP contribution in [0, 0.1) is 12.3 Å². The smallest absolute Gasteiger partial charge is 0.233 e. The molecule has 1 aliphatic rings. The minimum atomic E-state index is -0.602. The Morgan fingerprint density at radius 3 is 2.70 bits per heavy atom. The Bertz CT molecular complexity index is 983. The first-order chi connectivity index (χ1) is 13.0. The Kier molecular flexibility index (Phi) is 4.48. The van der Waals surface area contributed by atoms with Gasteiger partial charge in [-0.15, -0.1) is 11.3 Å². The second-order valence-corrected chi connectivity index (χ2v) is 8.11. The highest BCUT2D eigenvalue weighted by molar-refractivity contribution is 7.13. The van der Waals surface area contributed by atoms with E-state index in [2.05, 4.69) is 34.6 Å². The second kappa shape index (κ2) is 6.82. The maximum atomic E-state index is 13.4. The summed E-state index contributed by atoms with van der Waals surface area (Å²) in [5.41, 5.74) is 3.80. The molecule has 0 fully saturated rings. The van der Waals surface area contributed by atoms with E-state index in [1.54, 1.807) is 7.11 Å². The fraction of sp³-hybridized carbons (Fsp3) is 0.273. The molecule has 0 saturated heterocycles. The lowest BCUT2D eigenvalue weighted by molar-refractivity contribution is -0.125. The Morgan fingerprint density at radius 1 is 1.26 bits per heavy atom. The monoisotopic (exact) mass is 378 g/mol. The predicted molar refractivity (Wildman–Crippen MR) is 109 cm³/mol. The number of nitrogens with zero attached hydrogens (tertiary/aromatic N) is 1. The van der Waals surface area contributed by atoms with Gasteiger partial charge < -0.3 is 10.1 Å². The number of nitrogens with one attached hydrogen (secondary N) is 1. The third-order valence-corrected chi connectivity index (χ3v) is 6.23. The Balaban J connectivity index is 1.77. The molecule has 1 aromatic heterocycles. The van der Waals surface area contributed by atoms with Crippen LogP contribution in [0.2, 0.25) is 0 Å². The number of aryl methyl sites for hydroxylation is 1. The maximum Gasteiger partial charge on any atom is 0.233 e. The van der Waals surface area contributed by atoms with E-state index in [9.17, 15) is 4.79 Å². The van der Waals surface area contributed by atoms with Crippen LogP contribution in [-0.2, 0) is 11.2 Å². The van der Waals surface area contributed by atoms with E-state index in [4.69, 9.17) is 4.74 Å². The summed E-state index contributed by atoms with van der Waals surface area (Å²) in [7, 11) is 1.67. The van der Waals surface area contributed by atoms with Crippen LogP contribution < -0.4 is 10.1 Å². The first kappa shape index (κ1) is 17.7. The molecule has 4 nitrogen and oxygen atoms in total. The van der Waals surface area contributed by atoms with E-state index in [1.807, 2.05) is 43.5 Å². The van der Waals surface area contributed by atoms with Gasteiger partial charge in [-0.25, -0.2) is 4.98 Å². The molecular weight excluding hydrogens is 356 g/mol. The van der Waals surface area contributed by atoms with E-state index in [0.29, 0.717) is 11.6 Å². The van der Waals surface area contributed by atoms with Gasteiger partial charge in [-0.3, -0.25) is 4.79 Å². The molecule has 2 atom stereocenters. The van der Waals surface area contributed by atoms with Crippen molar-refractivity contribution in [2.24, 2.45) is 5.41 Å². The SMILES string of the molecule is COc1ccc2c(c1)[C@H](c1ccccc1)[C@](C)(C(=O)Nc1nc(C)cs1)C2. The largest absolute Gasteiger partial charge is 0.497 e. The highest BCUT2D eigenvalue weighted by Crippen LogP contribution is 2.52. The molecule has 0 radical (unpaired) electrons. The molecule has 2 aromatic carbocycles. The van der Waals surface area contributed by atoms with Crippen LogP contribution in [0.1, 0.15) is 35.2 Å². The number of hydrogen-bond acceptors (Lipinski definition) is 4. The van der Waals surface area contributed by atoms with Crippen molar-refractivity contribution in [3.8, 4) is 5.75 Å². The summed E-state index contributed by atoms with van der Waals surface area (Å²) in [6.07, 6.45) is 0.683. The summed E-state index contributed by atoms with van der Waals surface area (Å²) in [6.45, 7) is 3.98. The predicted octanol–water partition coefficient (Wildman–Crippen LogP) is 4.79. The number of aromatic nitrogens is 1. The standard InChI is InChI=1S/C22H22N2O2S/c1-14-13-27-21(23-14)24-20(25)22(2)12-16-9-10-17(26-3)11-18(16)19(22)15-7-5-4-6-8-15/h4-11,13,19H,12H2,1-3H3,(H,23,24,25)/t19-,22+/m0/s1. The summed E-state index contributed by atoms with van der Waals surface area (Å²) in [5.74, 6) is 0.778. The average molecular weight is 378 g/mol. The molecule has 4 rings (SSSR count). The van der Waals surface area contributed by atoms with Crippen molar-refractivity contribution in [1.29, 1.82) is 0 Å². The van der Waals surface area contributed by atoms with Crippen molar-refractivity contribution in [2.45, 2.75) is 26.2 Å². The molecule has 0 saturated carbocycles. The van der Waals surface area contributed by atoms with Crippen LogP contribution in [-0.4, -0.2) is 18.0 Å². The first-order valence-corrected chi connectivity index (χ1v) is 9.84. The van der Waals surface area contributed by atoms with Crippen LogP contribution in [0.25, 0.3) is 0 Å². The van der Waals surface area contributed by atoms with Gasteiger partial charge in [0, 0.05) is 11.3 Å². The number of carbonyl (C=O) groups excluding carboxylic acids is 1. The molecule has 0 unspecified atom stereocenters. The van der Waals surface area contributed by atoms with Gasteiger partial charge in [0.05, 0.1) is 18.2 Å². The van der Waals surface area contributed by atoms with Gasteiger partial charge in [-0.1, -0.05) is 36.4 Å². The molecule has 0 bridgehead atoms. The van der Waals surface area contributed by atoms with Gasteiger partial charge in [0.2, 0.25) is 5.91 Å². The number of benzene rings is 2. The quantitative estimate of drug-likeness (QED) is 0.710. The van der Waals surface area contributed by atoms with Crippen LogP contribution in [0.15, 0.2) is 53.9 Å². The number of methoxy groups -OCH3 is 1. The molecule has 3 aromatic rings. The number of rotatable bonds is 4. The third-order valence-electron chi connectivity index (χ3n) is 5.35. The highest BCUT2D eigenvalue weighted by atomic mass is 32.1.